The molecule has 1 aromatic carbocycles. The van der Waals surface area contributed by atoms with Gasteiger partial charge in [0.1, 0.15) is 11.7 Å². The van der Waals surface area contributed by atoms with Crippen LogP contribution >= 0.6 is 0 Å². The van der Waals surface area contributed by atoms with Gasteiger partial charge in [0.2, 0.25) is 5.91 Å². The number of pyridine rings is 1. The monoisotopic (exact) mass is 426 g/mol. The number of nitriles is 1. The molecule has 0 saturated heterocycles. The lowest BCUT2D eigenvalue weighted by molar-refractivity contribution is -0.116. The van der Waals surface area contributed by atoms with Gasteiger partial charge in [-0.05, 0) is 68.4 Å². The summed E-state index contributed by atoms with van der Waals surface area (Å²) in [6.07, 6.45) is 8.45. The molecule has 1 N–H and O–H groups in total. The zero-order chi connectivity index (χ0) is 22.7. The second kappa shape index (κ2) is 9.40. The predicted octanol–water partition coefficient (Wildman–Crippen LogP) is 5.38. The largest absolute Gasteiger partial charge is 0.353 e. The molecule has 0 spiro atoms. The number of unbranched alkanes of at least 4 members (excludes halogenated alkanes) is 1. The lowest BCUT2D eigenvalue weighted by atomic mass is 9.87. The summed E-state index contributed by atoms with van der Waals surface area (Å²) in [5, 5.41) is 13.9. The average Bonchev–Trinajstić information content (AvgIpc) is 3.10. The van der Waals surface area contributed by atoms with Crippen LogP contribution in [0.4, 0.5) is 0 Å². The molecule has 1 amide bonds. The van der Waals surface area contributed by atoms with E-state index in [1.54, 1.807) is 12.2 Å². The highest BCUT2D eigenvalue weighted by molar-refractivity contribution is 5.96. The van der Waals surface area contributed by atoms with Crippen LogP contribution in [-0.2, 0) is 11.2 Å². The van der Waals surface area contributed by atoms with Gasteiger partial charge in [0, 0.05) is 23.7 Å². The Labute approximate surface area is 189 Å². The Hall–Kier alpha value is -3.39. The van der Waals surface area contributed by atoms with E-state index in [1.165, 1.54) is 11.1 Å². The van der Waals surface area contributed by atoms with E-state index in [1.807, 2.05) is 19.9 Å². The van der Waals surface area contributed by atoms with Gasteiger partial charge in [-0.2, -0.15) is 5.26 Å². The SMILES string of the molecule is CCCCNC(=O)/C=C/c1c(C#N)c2c(C)cc(C)nc2n1[C@H]1CCCc2ccccc21. The van der Waals surface area contributed by atoms with Gasteiger partial charge in [-0.3, -0.25) is 4.79 Å². The van der Waals surface area contributed by atoms with Gasteiger partial charge in [0.15, 0.2) is 0 Å². The Kier molecular flexibility index (Phi) is 6.41. The molecule has 0 unspecified atom stereocenters. The van der Waals surface area contributed by atoms with Crippen molar-refractivity contribution in [1.29, 1.82) is 5.26 Å². The number of hydrogen-bond acceptors (Lipinski definition) is 3. The number of amides is 1. The minimum Gasteiger partial charge on any atom is -0.353 e. The third-order valence-corrected chi connectivity index (χ3v) is 6.30. The van der Waals surface area contributed by atoms with Crippen molar-refractivity contribution >= 4 is 23.0 Å². The minimum absolute atomic E-state index is 0.0843. The van der Waals surface area contributed by atoms with Crippen LogP contribution in [0.15, 0.2) is 36.4 Å². The summed E-state index contributed by atoms with van der Waals surface area (Å²) < 4.78 is 2.20. The van der Waals surface area contributed by atoms with Crippen LogP contribution in [0.2, 0.25) is 0 Å². The number of aryl methyl sites for hydroxylation is 3. The zero-order valence-electron chi connectivity index (χ0n) is 19.1. The maximum absolute atomic E-state index is 12.4. The van der Waals surface area contributed by atoms with E-state index in [-0.39, 0.29) is 11.9 Å². The smallest absolute Gasteiger partial charge is 0.244 e. The molecule has 1 aliphatic rings. The fraction of sp³-hybridized carbons (Fsp3) is 0.370. The first-order valence-electron chi connectivity index (χ1n) is 11.5. The van der Waals surface area contributed by atoms with Crippen LogP contribution in [0, 0.1) is 25.2 Å². The van der Waals surface area contributed by atoms with E-state index in [9.17, 15) is 10.1 Å². The van der Waals surface area contributed by atoms with Gasteiger partial charge < -0.3 is 9.88 Å². The molecule has 164 valence electrons. The van der Waals surface area contributed by atoms with Crippen molar-refractivity contribution in [1.82, 2.24) is 14.9 Å². The molecule has 1 aliphatic carbocycles. The molecule has 5 heteroatoms. The van der Waals surface area contributed by atoms with E-state index in [0.717, 1.165) is 60.1 Å². The number of carbonyl (C=O) groups is 1. The average molecular weight is 427 g/mol. The van der Waals surface area contributed by atoms with Gasteiger partial charge in [0.25, 0.3) is 0 Å². The first kappa shape index (κ1) is 21.8. The quantitative estimate of drug-likeness (QED) is 0.425. The van der Waals surface area contributed by atoms with Crippen molar-refractivity contribution in [3.63, 3.8) is 0 Å². The van der Waals surface area contributed by atoms with Crippen molar-refractivity contribution in [3.8, 4) is 6.07 Å². The van der Waals surface area contributed by atoms with Crippen LogP contribution in [0.25, 0.3) is 17.1 Å². The lowest BCUT2D eigenvalue weighted by Gasteiger charge is -2.28. The molecular formula is C27H30N4O. The summed E-state index contributed by atoms with van der Waals surface area (Å²) in [6, 6.07) is 13.1. The number of benzene rings is 1. The van der Waals surface area contributed by atoms with Crippen molar-refractivity contribution < 1.29 is 4.79 Å². The number of hydrogen-bond donors (Lipinski definition) is 1. The number of nitrogens with one attached hydrogen (secondary N) is 1. The molecule has 0 fully saturated rings. The summed E-state index contributed by atoms with van der Waals surface area (Å²) in [5.74, 6) is -0.135. The molecule has 2 aromatic heterocycles. The molecular weight excluding hydrogens is 396 g/mol. The van der Waals surface area contributed by atoms with Crippen LogP contribution in [0.1, 0.15) is 72.3 Å². The summed E-state index contributed by atoms with van der Waals surface area (Å²) >= 11 is 0. The van der Waals surface area contributed by atoms with Crippen LogP contribution in [-0.4, -0.2) is 22.0 Å². The van der Waals surface area contributed by atoms with E-state index >= 15 is 0 Å². The van der Waals surface area contributed by atoms with Gasteiger partial charge in [-0.25, -0.2) is 4.98 Å². The Balaban J connectivity index is 1.91. The highest BCUT2D eigenvalue weighted by Gasteiger charge is 2.28. The van der Waals surface area contributed by atoms with E-state index in [0.29, 0.717) is 12.1 Å². The molecule has 4 rings (SSSR count). The molecule has 0 bridgehead atoms. The fourth-order valence-corrected chi connectivity index (χ4v) is 4.85. The van der Waals surface area contributed by atoms with E-state index in [2.05, 4.69) is 47.1 Å². The second-order valence-electron chi connectivity index (χ2n) is 8.61. The normalized spacial score (nSPS) is 15.6. The summed E-state index contributed by atoms with van der Waals surface area (Å²) in [4.78, 5) is 17.3. The Morgan fingerprint density at radius 3 is 2.94 bits per heavy atom. The third kappa shape index (κ3) is 4.05. The number of rotatable bonds is 6. The van der Waals surface area contributed by atoms with Crippen molar-refractivity contribution in [2.45, 2.75) is 58.9 Å². The third-order valence-electron chi connectivity index (χ3n) is 6.30. The molecule has 5 nitrogen and oxygen atoms in total. The molecule has 0 saturated carbocycles. The number of fused-ring (bicyclic) bond motifs is 2. The number of nitrogens with zero attached hydrogens (tertiary/aromatic N) is 3. The lowest BCUT2D eigenvalue weighted by Crippen LogP contribution is -2.22. The van der Waals surface area contributed by atoms with Gasteiger partial charge in [-0.15, -0.1) is 0 Å². The second-order valence-corrected chi connectivity index (χ2v) is 8.61. The number of aromatic nitrogens is 2. The summed E-state index contributed by atoms with van der Waals surface area (Å²) in [6.45, 7) is 6.77. The van der Waals surface area contributed by atoms with E-state index in [4.69, 9.17) is 4.98 Å². The molecule has 0 radical (unpaired) electrons. The Morgan fingerprint density at radius 2 is 2.16 bits per heavy atom. The van der Waals surface area contributed by atoms with Crippen molar-refractivity contribution in [2.75, 3.05) is 6.54 Å². The van der Waals surface area contributed by atoms with Gasteiger partial charge in [0.05, 0.1) is 17.3 Å². The van der Waals surface area contributed by atoms with Crippen molar-refractivity contribution in [2.24, 2.45) is 0 Å². The zero-order valence-corrected chi connectivity index (χ0v) is 19.1. The maximum atomic E-state index is 12.4. The van der Waals surface area contributed by atoms with E-state index < -0.39 is 0 Å². The van der Waals surface area contributed by atoms with Gasteiger partial charge in [-0.1, -0.05) is 37.6 Å². The molecule has 1 atom stereocenters. The highest BCUT2D eigenvalue weighted by atomic mass is 16.1. The molecule has 32 heavy (non-hydrogen) atoms. The summed E-state index contributed by atoms with van der Waals surface area (Å²) in [7, 11) is 0. The standard InChI is InChI=1S/C27H30N4O/c1-4-5-15-29-25(32)14-13-24-22(17-28)26-18(2)16-19(3)30-27(26)31(24)23-12-8-10-20-9-6-7-11-21(20)23/h6-7,9,11,13-14,16,23H,4-5,8,10,12,15H2,1-3H3,(H,29,32)/b14-13+/t23-/m0/s1. The topological polar surface area (TPSA) is 70.7 Å². The van der Waals surface area contributed by atoms with Crippen molar-refractivity contribution in [3.05, 3.63) is 70.0 Å². The Morgan fingerprint density at radius 1 is 1.34 bits per heavy atom. The number of carbonyl (C=O) groups excluding carboxylic acids is 1. The summed E-state index contributed by atoms with van der Waals surface area (Å²) in [5.41, 5.74) is 6.77. The van der Waals surface area contributed by atoms with Crippen LogP contribution in [0.5, 0.6) is 0 Å². The fourth-order valence-electron chi connectivity index (χ4n) is 4.85. The van der Waals surface area contributed by atoms with Crippen LogP contribution in [0.3, 0.4) is 0 Å². The highest BCUT2D eigenvalue weighted by Crippen LogP contribution is 2.39. The van der Waals surface area contributed by atoms with Gasteiger partial charge >= 0.3 is 0 Å². The first-order valence-corrected chi connectivity index (χ1v) is 11.5. The van der Waals surface area contributed by atoms with Crippen LogP contribution < -0.4 is 5.32 Å². The first-order chi connectivity index (χ1) is 15.5. The molecule has 3 aromatic rings. The molecule has 0 aliphatic heterocycles. The maximum Gasteiger partial charge on any atom is 0.244 e. The predicted molar refractivity (Wildman–Crippen MR) is 128 cm³/mol. The minimum atomic E-state index is -0.135. The molecule has 2 heterocycles. The Bertz CT molecular complexity index is 1230.